The molecule has 120 valence electrons. The number of nitrogens with zero attached hydrogens (tertiary/aromatic N) is 6. The van der Waals surface area contributed by atoms with Gasteiger partial charge in [-0.3, -0.25) is 4.90 Å². The first-order valence-corrected chi connectivity index (χ1v) is 8.88. The summed E-state index contributed by atoms with van der Waals surface area (Å²) in [7, 11) is 0. The van der Waals surface area contributed by atoms with Crippen LogP contribution in [0.1, 0.15) is 12.7 Å². The minimum absolute atomic E-state index is 0.923. The Hall–Kier alpha value is -1.99. The van der Waals surface area contributed by atoms with Crippen LogP contribution in [0.15, 0.2) is 30.2 Å². The third-order valence-electron chi connectivity index (χ3n) is 4.42. The van der Waals surface area contributed by atoms with Crippen molar-refractivity contribution >= 4 is 27.4 Å². The van der Waals surface area contributed by atoms with Crippen molar-refractivity contribution in [2.24, 2.45) is 0 Å². The highest BCUT2D eigenvalue weighted by Crippen LogP contribution is 2.27. The third kappa shape index (κ3) is 2.82. The zero-order valence-electron chi connectivity index (χ0n) is 13.2. The van der Waals surface area contributed by atoms with E-state index in [2.05, 4.69) is 53.9 Å². The maximum absolute atomic E-state index is 4.52. The van der Waals surface area contributed by atoms with E-state index in [0.29, 0.717) is 0 Å². The summed E-state index contributed by atoms with van der Waals surface area (Å²) in [6.45, 7) is 8.12. The largest absolute Gasteiger partial charge is 0.353 e. The van der Waals surface area contributed by atoms with Gasteiger partial charge in [-0.2, -0.15) is 0 Å². The fourth-order valence-corrected chi connectivity index (χ4v) is 3.85. The lowest BCUT2D eigenvalue weighted by Crippen LogP contribution is -2.46. The molecule has 1 aliphatic rings. The van der Waals surface area contributed by atoms with Crippen molar-refractivity contribution < 1.29 is 0 Å². The lowest BCUT2D eigenvalue weighted by molar-refractivity contribution is 0.240. The van der Waals surface area contributed by atoms with Crippen LogP contribution in [0.2, 0.25) is 0 Å². The molecule has 0 unspecified atom stereocenters. The van der Waals surface area contributed by atoms with Crippen LogP contribution < -0.4 is 4.90 Å². The van der Waals surface area contributed by atoms with Gasteiger partial charge in [0, 0.05) is 45.1 Å². The lowest BCUT2D eigenvalue weighted by Gasteiger charge is -2.35. The van der Waals surface area contributed by atoms with Crippen LogP contribution in [-0.4, -0.2) is 50.6 Å². The number of rotatable bonds is 4. The molecule has 6 nitrogen and oxygen atoms in total. The van der Waals surface area contributed by atoms with Crippen molar-refractivity contribution in [1.82, 2.24) is 24.4 Å². The molecule has 1 aliphatic heterocycles. The fraction of sp³-hybridized carbons (Fsp3) is 0.438. The van der Waals surface area contributed by atoms with Crippen molar-refractivity contribution in [2.45, 2.75) is 20.0 Å². The normalized spacial score (nSPS) is 16.3. The molecule has 1 saturated heterocycles. The van der Waals surface area contributed by atoms with E-state index in [4.69, 9.17) is 0 Å². The van der Waals surface area contributed by atoms with Crippen LogP contribution in [0.4, 0.5) is 5.82 Å². The monoisotopic (exact) mass is 328 g/mol. The molecular formula is C16H20N6S. The summed E-state index contributed by atoms with van der Waals surface area (Å²) in [6.07, 6.45) is 5.63. The Labute approximate surface area is 139 Å². The zero-order valence-corrected chi connectivity index (χ0v) is 14.0. The highest BCUT2D eigenvalue weighted by Gasteiger charge is 2.21. The Morgan fingerprint density at radius 3 is 2.83 bits per heavy atom. The quantitative estimate of drug-likeness (QED) is 0.735. The predicted octanol–water partition coefficient (Wildman–Crippen LogP) is 2.23. The molecular weight excluding hydrogens is 308 g/mol. The Kier molecular flexibility index (Phi) is 3.97. The topological polar surface area (TPSA) is 50.1 Å². The summed E-state index contributed by atoms with van der Waals surface area (Å²) in [4.78, 5) is 19.3. The van der Waals surface area contributed by atoms with Gasteiger partial charge in [-0.1, -0.05) is 0 Å². The van der Waals surface area contributed by atoms with Gasteiger partial charge in [0.25, 0.3) is 0 Å². The minimum atomic E-state index is 0.923. The van der Waals surface area contributed by atoms with Gasteiger partial charge < -0.3 is 9.47 Å². The Bertz CT molecular complexity index is 787. The average Bonchev–Trinajstić information content (AvgIpc) is 3.24. The van der Waals surface area contributed by atoms with Crippen LogP contribution in [0.3, 0.4) is 0 Å². The zero-order chi connectivity index (χ0) is 15.6. The first-order chi connectivity index (χ1) is 11.3. The second-order valence-corrected chi connectivity index (χ2v) is 6.62. The van der Waals surface area contributed by atoms with Gasteiger partial charge >= 0.3 is 0 Å². The Morgan fingerprint density at radius 2 is 2.00 bits per heavy atom. The molecule has 7 heteroatoms. The molecule has 0 N–H and O–H groups in total. The van der Waals surface area contributed by atoms with Crippen LogP contribution in [-0.2, 0) is 13.1 Å². The number of hydrogen-bond acceptors (Lipinski definition) is 6. The summed E-state index contributed by atoms with van der Waals surface area (Å²) < 4.78 is 2.21. The van der Waals surface area contributed by atoms with Crippen molar-refractivity contribution in [3.8, 4) is 0 Å². The highest BCUT2D eigenvalue weighted by molar-refractivity contribution is 7.16. The molecule has 0 saturated carbocycles. The van der Waals surface area contributed by atoms with Crippen molar-refractivity contribution in [2.75, 3.05) is 31.1 Å². The molecule has 0 bridgehead atoms. The first-order valence-electron chi connectivity index (χ1n) is 8.00. The van der Waals surface area contributed by atoms with Gasteiger partial charge in [-0.15, -0.1) is 11.3 Å². The molecule has 4 rings (SSSR count). The van der Waals surface area contributed by atoms with Gasteiger partial charge in [0.2, 0.25) is 0 Å². The summed E-state index contributed by atoms with van der Waals surface area (Å²) in [5, 5.41) is 3.26. The maximum Gasteiger partial charge on any atom is 0.140 e. The molecule has 3 aromatic heterocycles. The molecule has 0 atom stereocenters. The Balaban J connectivity index is 1.44. The Morgan fingerprint density at radius 1 is 1.13 bits per heavy atom. The van der Waals surface area contributed by atoms with Crippen LogP contribution in [0, 0.1) is 0 Å². The van der Waals surface area contributed by atoms with E-state index < -0.39 is 0 Å². The number of aromatic nitrogens is 4. The third-order valence-corrected chi connectivity index (χ3v) is 5.24. The van der Waals surface area contributed by atoms with Gasteiger partial charge in [0.15, 0.2) is 0 Å². The van der Waals surface area contributed by atoms with E-state index in [1.54, 1.807) is 17.7 Å². The van der Waals surface area contributed by atoms with E-state index in [1.807, 2.05) is 6.20 Å². The van der Waals surface area contributed by atoms with Crippen molar-refractivity contribution in [3.05, 3.63) is 36.0 Å². The number of hydrogen-bond donors (Lipinski definition) is 0. The van der Waals surface area contributed by atoms with E-state index in [-0.39, 0.29) is 0 Å². The van der Waals surface area contributed by atoms with Gasteiger partial charge in [-0.05, 0) is 18.4 Å². The van der Waals surface area contributed by atoms with Crippen LogP contribution >= 0.6 is 11.3 Å². The molecule has 23 heavy (non-hydrogen) atoms. The average molecular weight is 328 g/mol. The maximum atomic E-state index is 4.52. The standard InChI is InChI=1S/C16H20N6S/c1-2-21-5-4-17-14(21)11-20-6-8-22(9-7-20)15-13-3-10-23-16(13)19-12-18-15/h3-5,10,12H,2,6-9,11H2,1H3. The minimum Gasteiger partial charge on any atom is -0.353 e. The summed E-state index contributed by atoms with van der Waals surface area (Å²) >= 11 is 1.67. The molecule has 0 amide bonds. The number of fused-ring (bicyclic) bond motifs is 1. The van der Waals surface area contributed by atoms with Gasteiger partial charge in [-0.25, -0.2) is 15.0 Å². The number of imidazole rings is 1. The molecule has 0 aromatic carbocycles. The molecule has 1 fully saturated rings. The van der Waals surface area contributed by atoms with Crippen molar-refractivity contribution in [3.63, 3.8) is 0 Å². The molecule has 0 aliphatic carbocycles. The van der Waals surface area contributed by atoms with E-state index in [0.717, 1.165) is 55.7 Å². The predicted molar refractivity (Wildman–Crippen MR) is 92.8 cm³/mol. The fourth-order valence-electron chi connectivity index (χ4n) is 3.13. The number of aryl methyl sites for hydroxylation is 1. The highest BCUT2D eigenvalue weighted by atomic mass is 32.1. The molecule has 4 heterocycles. The van der Waals surface area contributed by atoms with E-state index >= 15 is 0 Å². The lowest BCUT2D eigenvalue weighted by atomic mass is 10.2. The van der Waals surface area contributed by atoms with Crippen molar-refractivity contribution in [1.29, 1.82) is 0 Å². The summed E-state index contributed by atoms with van der Waals surface area (Å²) in [6, 6.07) is 2.12. The summed E-state index contributed by atoms with van der Waals surface area (Å²) in [5.41, 5.74) is 0. The second kappa shape index (κ2) is 6.25. The molecule has 0 radical (unpaired) electrons. The van der Waals surface area contributed by atoms with Crippen LogP contribution in [0.5, 0.6) is 0 Å². The van der Waals surface area contributed by atoms with Crippen LogP contribution in [0.25, 0.3) is 10.2 Å². The SMILES string of the molecule is CCn1ccnc1CN1CCN(c2ncnc3sccc23)CC1. The second-order valence-electron chi connectivity index (χ2n) is 5.73. The van der Waals surface area contributed by atoms with Gasteiger partial charge in [0.1, 0.15) is 22.8 Å². The summed E-state index contributed by atoms with van der Waals surface area (Å²) in [5.74, 6) is 2.23. The number of anilines is 1. The number of thiophene rings is 1. The first kappa shape index (κ1) is 14.6. The van der Waals surface area contributed by atoms with E-state index in [1.165, 1.54) is 5.39 Å². The van der Waals surface area contributed by atoms with Gasteiger partial charge in [0.05, 0.1) is 11.9 Å². The smallest absolute Gasteiger partial charge is 0.140 e. The molecule has 0 spiro atoms. The number of piperazine rings is 1. The van der Waals surface area contributed by atoms with E-state index in [9.17, 15) is 0 Å². The molecule has 3 aromatic rings.